The summed E-state index contributed by atoms with van der Waals surface area (Å²) in [6.45, 7) is 0.613. The molecule has 0 aliphatic heterocycles. The summed E-state index contributed by atoms with van der Waals surface area (Å²) < 4.78 is 20.3. The van der Waals surface area contributed by atoms with Crippen molar-refractivity contribution < 1.29 is 13.9 Å². The van der Waals surface area contributed by atoms with Gasteiger partial charge in [0.25, 0.3) is 5.91 Å². The van der Waals surface area contributed by atoms with Crippen LogP contribution in [0.2, 0.25) is 10.0 Å². The van der Waals surface area contributed by atoms with Gasteiger partial charge in [-0.15, -0.1) is 16.4 Å². The maximum atomic E-state index is 13.2. The summed E-state index contributed by atoms with van der Waals surface area (Å²) >= 11 is 13.4. The molecule has 2 aromatic carbocycles. The molecule has 4 aromatic rings. The van der Waals surface area contributed by atoms with Gasteiger partial charge in [-0.2, -0.15) is 0 Å². The predicted octanol–water partition coefficient (Wildman–Crippen LogP) is 5.67. The third kappa shape index (κ3) is 5.61. The summed E-state index contributed by atoms with van der Waals surface area (Å²) in [6.07, 6.45) is 1.51. The molecule has 0 atom stereocenters. The highest BCUT2D eigenvalue weighted by Crippen LogP contribution is 2.22. The van der Waals surface area contributed by atoms with Crippen LogP contribution in [0.4, 0.5) is 10.3 Å². The van der Waals surface area contributed by atoms with Crippen LogP contribution in [0.3, 0.4) is 0 Å². The summed E-state index contributed by atoms with van der Waals surface area (Å²) in [4.78, 5) is 17.1. The van der Waals surface area contributed by atoms with Crippen LogP contribution in [-0.2, 0) is 13.2 Å². The molecule has 6 nitrogen and oxygen atoms in total. The van der Waals surface area contributed by atoms with E-state index in [-0.39, 0.29) is 24.3 Å². The van der Waals surface area contributed by atoms with Crippen LogP contribution in [-0.4, -0.2) is 20.7 Å². The van der Waals surface area contributed by atoms with E-state index >= 15 is 0 Å². The van der Waals surface area contributed by atoms with Gasteiger partial charge >= 0.3 is 0 Å². The highest BCUT2D eigenvalue weighted by atomic mass is 35.5. The lowest BCUT2D eigenvalue weighted by Gasteiger charge is -2.04. The fraction of sp³-hybridized carbons (Fsp3) is 0.0952. The zero-order valence-corrected chi connectivity index (χ0v) is 18.2. The fourth-order valence-corrected chi connectivity index (χ4v) is 3.97. The van der Waals surface area contributed by atoms with E-state index in [1.165, 1.54) is 29.8 Å². The number of hydrogen-bond acceptors (Lipinski definition) is 5. The lowest BCUT2D eigenvalue weighted by Crippen LogP contribution is -2.12. The number of anilines is 1. The Kier molecular flexibility index (Phi) is 6.50. The Morgan fingerprint density at radius 2 is 2.06 bits per heavy atom. The number of nitrogens with one attached hydrogen (secondary N) is 1. The van der Waals surface area contributed by atoms with Crippen LogP contribution < -0.4 is 10.1 Å². The van der Waals surface area contributed by atoms with Crippen molar-refractivity contribution in [2.45, 2.75) is 13.2 Å². The van der Waals surface area contributed by atoms with Crippen molar-refractivity contribution in [2.24, 2.45) is 0 Å². The number of hydrogen-bond donors (Lipinski definition) is 1. The third-order valence-corrected chi connectivity index (χ3v) is 5.75. The summed E-state index contributed by atoms with van der Waals surface area (Å²) in [5.41, 5.74) is 1.63. The molecule has 0 unspecified atom stereocenters. The summed E-state index contributed by atoms with van der Waals surface area (Å²) in [6, 6.07) is 12.8. The Balaban J connectivity index is 1.34. The van der Waals surface area contributed by atoms with Gasteiger partial charge in [-0.3, -0.25) is 10.1 Å². The molecule has 0 saturated carbocycles. The fourth-order valence-electron chi connectivity index (χ4n) is 2.71. The molecular formula is C21H15Cl2FN4O2S. The molecular weight excluding hydrogens is 462 g/mol. The molecule has 158 valence electrons. The highest BCUT2D eigenvalue weighted by Gasteiger charge is 2.13. The summed E-state index contributed by atoms with van der Waals surface area (Å²) in [5, 5.41) is 9.81. The van der Waals surface area contributed by atoms with Crippen LogP contribution >= 0.6 is 34.5 Å². The van der Waals surface area contributed by atoms with Crippen molar-refractivity contribution in [3.8, 4) is 5.75 Å². The first-order valence-electron chi connectivity index (χ1n) is 9.07. The van der Waals surface area contributed by atoms with E-state index in [4.69, 9.17) is 27.9 Å². The van der Waals surface area contributed by atoms with Crippen molar-refractivity contribution in [3.05, 3.63) is 92.1 Å². The minimum absolute atomic E-state index is 0.182. The number of thiophene rings is 1. The second kappa shape index (κ2) is 9.47. The topological polar surface area (TPSA) is 69.0 Å². The van der Waals surface area contributed by atoms with Gasteiger partial charge in [-0.25, -0.2) is 14.1 Å². The molecule has 2 aromatic heterocycles. The van der Waals surface area contributed by atoms with Crippen molar-refractivity contribution in [1.82, 2.24) is 14.8 Å². The SMILES string of the molecule is O=C(Nc1ncn(Cc2ccc(Cl)cc2Cl)n1)c1cc(COc2cccc(F)c2)cs1. The van der Waals surface area contributed by atoms with Crippen molar-refractivity contribution >= 4 is 46.4 Å². The number of benzene rings is 2. The first-order valence-corrected chi connectivity index (χ1v) is 10.7. The molecule has 0 fully saturated rings. The Hall–Kier alpha value is -2.94. The lowest BCUT2D eigenvalue weighted by atomic mass is 10.2. The van der Waals surface area contributed by atoms with Crippen LogP contribution in [0, 0.1) is 5.82 Å². The zero-order chi connectivity index (χ0) is 21.8. The number of ether oxygens (including phenoxy) is 1. The Bertz CT molecular complexity index is 1230. The molecule has 0 aliphatic carbocycles. The largest absolute Gasteiger partial charge is 0.489 e. The van der Waals surface area contributed by atoms with E-state index in [0.717, 1.165) is 11.1 Å². The van der Waals surface area contributed by atoms with Crippen LogP contribution in [0.15, 0.2) is 60.2 Å². The Morgan fingerprint density at radius 3 is 2.87 bits per heavy atom. The van der Waals surface area contributed by atoms with E-state index in [1.54, 1.807) is 35.0 Å². The monoisotopic (exact) mass is 476 g/mol. The van der Waals surface area contributed by atoms with Gasteiger partial charge in [-0.1, -0.05) is 35.3 Å². The normalized spacial score (nSPS) is 10.8. The number of aromatic nitrogens is 3. The molecule has 31 heavy (non-hydrogen) atoms. The molecule has 2 heterocycles. The summed E-state index contributed by atoms with van der Waals surface area (Å²) in [7, 11) is 0. The van der Waals surface area contributed by atoms with Crippen molar-refractivity contribution in [2.75, 3.05) is 5.32 Å². The molecule has 4 rings (SSSR count). The predicted molar refractivity (Wildman–Crippen MR) is 119 cm³/mol. The first kappa shape index (κ1) is 21.3. The first-order chi connectivity index (χ1) is 15.0. The zero-order valence-electron chi connectivity index (χ0n) is 15.9. The highest BCUT2D eigenvalue weighted by molar-refractivity contribution is 7.12. The molecule has 1 amide bonds. The second-order valence-electron chi connectivity index (χ2n) is 6.52. The van der Waals surface area contributed by atoms with Gasteiger partial charge in [0.15, 0.2) is 0 Å². The van der Waals surface area contributed by atoms with Crippen LogP contribution in [0.5, 0.6) is 5.75 Å². The number of carbonyl (C=O) groups is 1. The molecule has 10 heteroatoms. The maximum Gasteiger partial charge on any atom is 0.268 e. The van der Waals surface area contributed by atoms with Gasteiger partial charge in [-0.05, 0) is 41.3 Å². The van der Waals surface area contributed by atoms with Gasteiger partial charge in [0.1, 0.15) is 24.5 Å². The van der Waals surface area contributed by atoms with Gasteiger partial charge < -0.3 is 4.74 Å². The Labute approximate surface area is 191 Å². The third-order valence-electron chi connectivity index (χ3n) is 4.19. The number of rotatable bonds is 7. The number of halogens is 3. The Morgan fingerprint density at radius 1 is 1.19 bits per heavy atom. The minimum Gasteiger partial charge on any atom is -0.489 e. The van der Waals surface area contributed by atoms with Crippen molar-refractivity contribution in [1.29, 1.82) is 0 Å². The molecule has 1 N–H and O–H groups in total. The van der Waals surface area contributed by atoms with Gasteiger partial charge in [0.05, 0.1) is 11.4 Å². The minimum atomic E-state index is -0.367. The molecule has 0 bridgehead atoms. The maximum absolute atomic E-state index is 13.2. The van der Waals surface area contributed by atoms with E-state index in [0.29, 0.717) is 27.2 Å². The van der Waals surface area contributed by atoms with Crippen molar-refractivity contribution in [3.63, 3.8) is 0 Å². The number of carbonyl (C=O) groups excluding carboxylic acids is 1. The molecule has 0 radical (unpaired) electrons. The smallest absolute Gasteiger partial charge is 0.268 e. The molecule has 0 spiro atoms. The average molecular weight is 477 g/mol. The van der Waals surface area contributed by atoms with Gasteiger partial charge in [0, 0.05) is 21.7 Å². The van der Waals surface area contributed by atoms with Crippen LogP contribution in [0.1, 0.15) is 20.8 Å². The number of amides is 1. The second-order valence-corrected chi connectivity index (χ2v) is 8.28. The summed E-state index contributed by atoms with van der Waals surface area (Å²) in [5.74, 6) is -0.0915. The molecule has 0 saturated heterocycles. The quantitative estimate of drug-likeness (QED) is 0.373. The van der Waals surface area contributed by atoms with E-state index in [9.17, 15) is 9.18 Å². The lowest BCUT2D eigenvalue weighted by molar-refractivity contribution is 0.102. The number of nitrogens with zero attached hydrogens (tertiary/aromatic N) is 3. The standard InChI is InChI=1S/C21H15Cl2FN4O2S/c22-15-5-4-14(18(23)7-15)9-28-12-25-21(27-28)26-20(29)19-6-13(11-31-19)10-30-17-3-1-2-16(24)8-17/h1-8,11-12H,9-10H2,(H,26,27,29). The average Bonchev–Trinajstić information content (AvgIpc) is 3.38. The molecule has 0 aliphatic rings. The van der Waals surface area contributed by atoms with Crippen LogP contribution in [0.25, 0.3) is 0 Å². The van der Waals surface area contributed by atoms with Gasteiger partial charge in [0.2, 0.25) is 5.95 Å². The van der Waals surface area contributed by atoms with E-state index in [1.807, 2.05) is 11.4 Å². The van der Waals surface area contributed by atoms with E-state index < -0.39 is 0 Å². The van der Waals surface area contributed by atoms with E-state index in [2.05, 4.69) is 15.4 Å².